The van der Waals surface area contributed by atoms with Crippen LogP contribution in [0.3, 0.4) is 0 Å². The molecule has 0 saturated carbocycles. The van der Waals surface area contributed by atoms with E-state index in [1.54, 1.807) is 8.97 Å². The maximum atomic E-state index is 14.2. The first-order valence-electron chi connectivity index (χ1n) is 18.1. The molecule has 11 aromatic rings. The van der Waals surface area contributed by atoms with Gasteiger partial charge in [0.05, 0.1) is 33.3 Å². The molecule has 4 aromatic heterocycles. The number of rotatable bonds is 5. The first-order chi connectivity index (χ1) is 27.2. The summed E-state index contributed by atoms with van der Waals surface area (Å²) in [4.78, 5) is 34.3. The minimum atomic E-state index is -0.159. The standard InChI is InChI=1S/C47H29N7O/c55-47-52(34-18-8-3-9-19-34)41-27-25-33(29-37(41)45-48-38-21-11-13-23-42(38)54(45)47)32-24-26-40-36(28-32)35-20-10-12-22-39(35)53(40)46-50-43(30-14-4-1-5-15-30)49-44(51-46)31-16-6-2-7-17-31/h1-29H. The summed E-state index contributed by atoms with van der Waals surface area (Å²) >= 11 is 0. The summed E-state index contributed by atoms with van der Waals surface area (Å²) in [5.74, 6) is 1.76. The summed E-state index contributed by atoms with van der Waals surface area (Å²) in [6.07, 6.45) is 0. The van der Waals surface area contributed by atoms with Gasteiger partial charge in [0.15, 0.2) is 17.3 Å². The molecule has 0 saturated heterocycles. The number of hydrogen-bond acceptors (Lipinski definition) is 5. The fourth-order valence-corrected chi connectivity index (χ4v) is 7.78. The zero-order chi connectivity index (χ0) is 36.5. The molecule has 0 unspecified atom stereocenters. The van der Waals surface area contributed by atoms with Gasteiger partial charge >= 0.3 is 5.69 Å². The number of fused-ring (bicyclic) bond motifs is 8. The number of aromatic nitrogens is 7. The van der Waals surface area contributed by atoms with Gasteiger partial charge in [-0.2, -0.15) is 9.97 Å². The van der Waals surface area contributed by atoms with E-state index in [1.165, 1.54) is 0 Å². The third-order valence-corrected chi connectivity index (χ3v) is 10.3. The van der Waals surface area contributed by atoms with E-state index < -0.39 is 0 Å². The molecule has 258 valence electrons. The van der Waals surface area contributed by atoms with Crippen LogP contribution in [0.15, 0.2) is 181 Å². The zero-order valence-corrected chi connectivity index (χ0v) is 29.3. The molecule has 0 spiro atoms. The lowest BCUT2D eigenvalue weighted by molar-refractivity contribution is 0.932. The molecule has 0 fully saturated rings. The molecule has 8 heteroatoms. The maximum absolute atomic E-state index is 14.2. The van der Waals surface area contributed by atoms with E-state index in [1.807, 2.05) is 127 Å². The van der Waals surface area contributed by atoms with Crippen molar-refractivity contribution in [1.82, 2.24) is 33.5 Å². The second kappa shape index (κ2) is 12.2. The van der Waals surface area contributed by atoms with Gasteiger partial charge < -0.3 is 0 Å². The summed E-state index contributed by atoms with van der Waals surface area (Å²) in [6.45, 7) is 0. The van der Waals surface area contributed by atoms with Crippen molar-refractivity contribution in [3.8, 4) is 45.5 Å². The third-order valence-electron chi connectivity index (χ3n) is 10.3. The van der Waals surface area contributed by atoms with E-state index in [-0.39, 0.29) is 5.69 Å². The van der Waals surface area contributed by atoms with Crippen molar-refractivity contribution in [3.05, 3.63) is 186 Å². The van der Waals surface area contributed by atoms with Crippen molar-refractivity contribution in [3.63, 3.8) is 0 Å². The second-order valence-electron chi connectivity index (χ2n) is 13.5. The van der Waals surface area contributed by atoms with Gasteiger partial charge in [0.1, 0.15) is 0 Å². The largest absolute Gasteiger partial charge is 0.339 e. The van der Waals surface area contributed by atoms with Crippen LogP contribution in [0.25, 0.3) is 94.9 Å². The molecule has 55 heavy (non-hydrogen) atoms. The van der Waals surface area contributed by atoms with Gasteiger partial charge in [-0.1, -0.05) is 121 Å². The second-order valence-corrected chi connectivity index (χ2v) is 13.5. The molecule has 8 nitrogen and oxygen atoms in total. The lowest BCUT2D eigenvalue weighted by Crippen LogP contribution is -2.25. The SMILES string of the molecule is O=c1n(-c2ccccc2)c2ccc(-c3ccc4c(c3)c3ccccc3n4-c3nc(-c4ccccc4)nc(-c4ccccc4)n3)cc2c2nc3ccccc3n12. The Labute approximate surface area is 313 Å². The van der Waals surface area contributed by atoms with Crippen molar-refractivity contribution in [2.75, 3.05) is 0 Å². The Balaban J connectivity index is 1.14. The zero-order valence-electron chi connectivity index (χ0n) is 29.3. The minimum absolute atomic E-state index is 0.159. The van der Waals surface area contributed by atoms with Crippen LogP contribution in [0.1, 0.15) is 0 Å². The molecule has 11 rings (SSSR count). The van der Waals surface area contributed by atoms with E-state index in [0.717, 1.165) is 71.7 Å². The molecule has 0 radical (unpaired) electrons. The van der Waals surface area contributed by atoms with E-state index in [2.05, 4.69) is 53.1 Å². The Kier molecular flexibility index (Phi) is 6.84. The van der Waals surface area contributed by atoms with Gasteiger partial charge in [-0.15, -0.1) is 0 Å². The van der Waals surface area contributed by atoms with Crippen molar-refractivity contribution in [2.45, 2.75) is 0 Å². The van der Waals surface area contributed by atoms with Crippen molar-refractivity contribution < 1.29 is 0 Å². The van der Waals surface area contributed by atoms with Crippen molar-refractivity contribution in [2.24, 2.45) is 0 Å². The molecule has 0 aliphatic carbocycles. The Morgan fingerprint density at radius 1 is 0.382 bits per heavy atom. The summed E-state index contributed by atoms with van der Waals surface area (Å²) < 4.78 is 5.64. The van der Waals surface area contributed by atoms with Gasteiger partial charge in [-0.25, -0.2) is 19.2 Å². The first-order valence-corrected chi connectivity index (χ1v) is 18.1. The molecule has 0 amide bonds. The topological polar surface area (TPSA) is 82.9 Å². The van der Waals surface area contributed by atoms with E-state index in [9.17, 15) is 4.79 Å². The summed E-state index contributed by atoms with van der Waals surface area (Å²) in [5, 5.41) is 3.04. The van der Waals surface area contributed by atoms with Crippen LogP contribution in [-0.4, -0.2) is 33.5 Å². The predicted molar refractivity (Wildman–Crippen MR) is 220 cm³/mol. The quantitative estimate of drug-likeness (QED) is 0.178. The summed E-state index contributed by atoms with van der Waals surface area (Å²) in [5.41, 5.74) is 9.46. The van der Waals surface area contributed by atoms with Gasteiger partial charge in [0.2, 0.25) is 5.95 Å². The molecule has 4 heterocycles. The van der Waals surface area contributed by atoms with Gasteiger partial charge in [-0.05, 0) is 65.7 Å². The van der Waals surface area contributed by atoms with Gasteiger partial charge in [0.25, 0.3) is 0 Å². The summed E-state index contributed by atoms with van der Waals surface area (Å²) in [6, 6.07) is 58.8. The number of imidazole rings is 1. The molecular formula is C47H29N7O. The Hall–Kier alpha value is -7.71. The van der Waals surface area contributed by atoms with Gasteiger partial charge in [0, 0.05) is 27.3 Å². The highest BCUT2D eigenvalue weighted by Gasteiger charge is 2.20. The van der Waals surface area contributed by atoms with Crippen molar-refractivity contribution in [1.29, 1.82) is 0 Å². The van der Waals surface area contributed by atoms with Crippen LogP contribution >= 0.6 is 0 Å². The molecule has 0 atom stereocenters. The van der Waals surface area contributed by atoms with Crippen LogP contribution in [0.5, 0.6) is 0 Å². The highest BCUT2D eigenvalue weighted by molar-refractivity contribution is 6.10. The average Bonchev–Trinajstić information content (AvgIpc) is 3.81. The molecular weight excluding hydrogens is 679 g/mol. The van der Waals surface area contributed by atoms with Crippen LogP contribution in [0, 0.1) is 0 Å². The van der Waals surface area contributed by atoms with Crippen LogP contribution in [0.2, 0.25) is 0 Å². The maximum Gasteiger partial charge on any atom is 0.339 e. The highest BCUT2D eigenvalue weighted by Crippen LogP contribution is 2.36. The number of para-hydroxylation sites is 4. The molecule has 0 N–H and O–H groups in total. The van der Waals surface area contributed by atoms with Crippen molar-refractivity contribution >= 4 is 49.4 Å². The highest BCUT2D eigenvalue weighted by atomic mass is 16.1. The number of benzene rings is 7. The van der Waals surface area contributed by atoms with E-state index >= 15 is 0 Å². The fourth-order valence-electron chi connectivity index (χ4n) is 7.78. The Morgan fingerprint density at radius 2 is 0.909 bits per heavy atom. The molecule has 7 aromatic carbocycles. The van der Waals surface area contributed by atoms with E-state index in [0.29, 0.717) is 23.2 Å². The normalized spacial score (nSPS) is 11.7. The van der Waals surface area contributed by atoms with Crippen LogP contribution < -0.4 is 5.69 Å². The first kappa shape index (κ1) is 30.9. The smallest absolute Gasteiger partial charge is 0.278 e. The lowest BCUT2D eigenvalue weighted by Gasteiger charge is -2.14. The van der Waals surface area contributed by atoms with E-state index in [4.69, 9.17) is 19.9 Å². The minimum Gasteiger partial charge on any atom is -0.278 e. The molecule has 0 aliphatic heterocycles. The fraction of sp³-hybridized carbons (Fsp3) is 0. The third kappa shape index (κ3) is 4.89. The number of hydrogen-bond donors (Lipinski definition) is 0. The Bertz CT molecular complexity index is 3270. The predicted octanol–water partition coefficient (Wildman–Crippen LogP) is 10.1. The monoisotopic (exact) mass is 707 g/mol. The van der Waals surface area contributed by atoms with Crippen LogP contribution in [-0.2, 0) is 0 Å². The molecule has 0 bridgehead atoms. The van der Waals surface area contributed by atoms with Gasteiger partial charge in [-0.3, -0.25) is 9.13 Å². The summed E-state index contributed by atoms with van der Waals surface area (Å²) in [7, 11) is 0. The molecule has 0 aliphatic rings. The Morgan fingerprint density at radius 3 is 1.58 bits per heavy atom. The average molecular weight is 708 g/mol. The lowest BCUT2D eigenvalue weighted by atomic mass is 10.0. The number of nitrogens with zero attached hydrogens (tertiary/aromatic N) is 7. The van der Waals surface area contributed by atoms with Crippen LogP contribution in [0.4, 0.5) is 0 Å².